The van der Waals surface area contributed by atoms with Gasteiger partial charge in [-0.2, -0.15) is 17.5 Å². The number of sulfonamides is 1. The van der Waals surface area contributed by atoms with Crippen LogP contribution in [-0.4, -0.2) is 41.2 Å². The van der Waals surface area contributed by atoms with Crippen LogP contribution in [0.4, 0.5) is 26.3 Å². The summed E-state index contributed by atoms with van der Waals surface area (Å²) in [7, 11) is -4.13. The van der Waals surface area contributed by atoms with E-state index in [-0.39, 0.29) is 34.6 Å². The second kappa shape index (κ2) is 10.1. The maximum atomic E-state index is 14.4. The zero-order chi connectivity index (χ0) is 27.0. The number of aromatic nitrogens is 2. The molecule has 0 unspecified atom stereocenters. The number of rotatable bonds is 6. The molecule has 2 heterocycles. The maximum absolute atomic E-state index is 14.4. The first-order valence-corrected chi connectivity index (χ1v) is 12.2. The van der Waals surface area contributed by atoms with Crippen LogP contribution in [0.2, 0.25) is 0 Å². The van der Waals surface area contributed by atoms with E-state index in [1.807, 2.05) is 0 Å². The lowest BCUT2D eigenvalue weighted by atomic mass is 10.0. The second-order valence-corrected chi connectivity index (χ2v) is 10.1. The average molecular weight is 544 g/mol. The van der Waals surface area contributed by atoms with Crippen molar-refractivity contribution < 1.29 is 39.6 Å². The van der Waals surface area contributed by atoms with Crippen LogP contribution in [0.15, 0.2) is 53.7 Å². The number of halogens is 6. The smallest absolute Gasteiger partial charge is 0.351 e. The van der Waals surface area contributed by atoms with Gasteiger partial charge in [0.05, 0.1) is 4.90 Å². The van der Waals surface area contributed by atoms with Crippen LogP contribution >= 0.6 is 0 Å². The Morgan fingerprint density at radius 1 is 1.03 bits per heavy atom. The Kier molecular flexibility index (Phi) is 7.24. The van der Waals surface area contributed by atoms with Gasteiger partial charge in [-0.3, -0.25) is 4.79 Å². The van der Waals surface area contributed by atoms with Crippen molar-refractivity contribution in [3.63, 3.8) is 0 Å². The number of alkyl halides is 3. The summed E-state index contributed by atoms with van der Waals surface area (Å²) in [6.07, 6.45) is -2.62. The van der Waals surface area contributed by atoms with Gasteiger partial charge in [-0.15, -0.1) is 0 Å². The van der Waals surface area contributed by atoms with E-state index in [9.17, 15) is 39.6 Å². The molecule has 0 saturated carbocycles. The molecular formula is C23H18F6N4O3S. The van der Waals surface area contributed by atoms with Gasteiger partial charge in [-0.25, -0.2) is 31.6 Å². The van der Waals surface area contributed by atoms with Gasteiger partial charge in [-0.05, 0) is 54.8 Å². The minimum Gasteiger partial charge on any atom is -0.351 e. The van der Waals surface area contributed by atoms with Crippen LogP contribution in [0, 0.1) is 17.5 Å². The summed E-state index contributed by atoms with van der Waals surface area (Å²) in [5.41, 5.74) is -0.376. The Morgan fingerprint density at radius 3 is 2.30 bits per heavy atom. The highest BCUT2D eigenvalue weighted by atomic mass is 32.2. The van der Waals surface area contributed by atoms with Crippen molar-refractivity contribution in [3.8, 4) is 11.1 Å². The first-order chi connectivity index (χ1) is 17.4. The molecule has 0 aliphatic carbocycles. The quantitative estimate of drug-likeness (QED) is 0.473. The number of nitrogens with zero attached hydrogens (tertiary/aromatic N) is 3. The van der Waals surface area contributed by atoms with E-state index in [4.69, 9.17) is 0 Å². The van der Waals surface area contributed by atoms with E-state index in [1.165, 1.54) is 0 Å². The van der Waals surface area contributed by atoms with E-state index in [2.05, 4.69) is 15.3 Å². The fraction of sp³-hybridized carbons (Fsp3) is 0.261. The summed E-state index contributed by atoms with van der Waals surface area (Å²) in [4.78, 5) is 19.0. The fourth-order valence-electron chi connectivity index (χ4n) is 3.90. The third kappa shape index (κ3) is 5.59. The van der Waals surface area contributed by atoms with Gasteiger partial charge in [-0.1, -0.05) is 0 Å². The van der Waals surface area contributed by atoms with Crippen LogP contribution in [0.3, 0.4) is 0 Å². The Bertz CT molecular complexity index is 1410. The van der Waals surface area contributed by atoms with Gasteiger partial charge < -0.3 is 5.32 Å². The summed E-state index contributed by atoms with van der Waals surface area (Å²) >= 11 is 0. The molecule has 4 rings (SSSR count). The topological polar surface area (TPSA) is 92.3 Å². The lowest BCUT2D eigenvalue weighted by molar-refractivity contribution is -0.145. The predicted molar refractivity (Wildman–Crippen MR) is 118 cm³/mol. The molecule has 1 amide bonds. The second-order valence-electron chi connectivity index (χ2n) is 8.17. The van der Waals surface area contributed by atoms with E-state index in [0.717, 1.165) is 53.1 Å². The summed E-state index contributed by atoms with van der Waals surface area (Å²) in [6.45, 7) is -0.498. The molecule has 196 valence electrons. The average Bonchev–Trinajstić information content (AvgIpc) is 3.36. The van der Waals surface area contributed by atoms with Crippen molar-refractivity contribution in [1.82, 2.24) is 19.6 Å². The predicted octanol–water partition coefficient (Wildman–Crippen LogP) is 4.05. The first-order valence-electron chi connectivity index (χ1n) is 10.8. The van der Waals surface area contributed by atoms with E-state index in [1.54, 1.807) is 0 Å². The minimum atomic E-state index is -4.78. The Balaban J connectivity index is 1.51. The number of carbonyl (C=O) groups excluding carboxylic acids is 1. The third-order valence-electron chi connectivity index (χ3n) is 5.72. The Labute approximate surface area is 207 Å². The molecule has 37 heavy (non-hydrogen) atoms. The van der Waals surface area contributed by atoms with Crippen LogP contribution in [-0.2, 0) is 27.5 Å². The van der Waals surface area contributed by atoms with Crippen molar-refractivity contribution in [2.45, 2.75) is 36.5 Å². The lowest BCUT2D eigenvalue weighted by Gasteiger charge is -2.23. The van der Waals surface area contributed by atoms with Crippen LogP contribution < -0.4 is 5.32 Å². The standard InChI is InChI=1S/C23H18F6N4O3S/c24-16-3-5-17(6-4-16)37(35,36)33-7-1-2-19(33)21(34)30-10-14-8-13(9-18(25)20(14)26)15-11-31-22(32-12-15)23(27,28)29/h3-6,8-9,11-12,19H,1-2,7,10H2,(H,30,34)/t19-/m0/s1. The number of benzene rings is 2. The molecule has 2 aromatic carbocycles. The molecule has 1 aliphatic heterocycles. The van der Waals surface area contributed by atoms with Crippen molar-refractivity contribution in [2.75, 3.05) is 6.54 Å². The summed E-state index contributed by atoms with van der Waals surface area (Å²) in [5.74, 6) is -5.40. The van der Waals surface area contributed by atoms with Gasteiger partial charge in [0, 0.05) is 36.6 Å². The van der Waals surface area contributed by atoms with Gasteiger partial charge in [0.2, 0.25) is 21.8 Å². The highest BCUT2D eigenvalue weighted by Crippen LogP contribution is 2.29. The number of nitrogens with one attached hydrogen (secondary N) is 1. The number of hydrogen-bond acceptors (Lipinski definition) is 5. The van der Waals surface area contributed by atoms with Crippen LogP contribution in [0.1, 0.15) is 24.2 Å². The molecule has 1 N–H and O–H groups in total. The normalized spacial score (nSPS) is 16.6. The molecule has 1 aromatic heterocycles. The summed E-state index contributed by atoms with van der Waals surface area (Å²) in [6, 6.07) is 4.84. The first kappa shape index (κ1) is 26.5. The highest BCUT2D eigenvalue weighted by molar-refractivity contribution is 7.89. The van der Waals surface area contributed by atoms with E-state index < -0.39 is 58.0 Å². The lowest BCUT2D eigenvalue weighted by Crippen LogP contribution is -2.45. The van der Waals surface area contributed by atoms with Gasteiger partial charge in [0.25, 0.3) is 0 Å². The molecule has 0 spiro atoms. The zero-order valence-corrected chi connectivity index (χ0v) is 19.6. The summed E-state index contributed by atoms with van der Waals surface area (Å²) in [5, 5.41) is 2.39. The Morgan fingerprint density at radius 2 is 1.68 bits per heavy atom. The van der Waals surface area contributed by atoms with Crippen molar-refractivity contribution in [2.24, 2.45) is 0 Å². The van der Waals surface area contributed by atoms with Crippen molar-refractivity contribution in [1.29, 1.82) is 0 Å². The SMILES string of the molecule is O=C(NCc1cc(-c2cnc(C(F)(F)F)nc2)cc(F)c1F)[C@@H]1CCCN1S(=O)(=O)c1ccc(F)cc1. The van der Waals surface area contributed by atoms with Crippen molar-refractivity contribution in [3.05, 3.63) is 77.6 Å². The summed E-state index contributed by atoms with van der Waals surface area (Å²) < 4.78 is 107. The molecular weight excluding hydrogens is 526 g/mol. The molecule has 3 aromatic rings. The van der Waals surface area contributed by atoms with Crippen molar-refractivity contribution >= 4 is 15.9 Å². The minimum absolute atomic E-state index is 0.0214. The van der Waals surface area contributed by atoms with E-state index >= 15 is 0 Å². The van der Waals surface area contributed by atoms with Gasteiger partial charge >= 0.3 is 6.18 Å². The molecule has 7 nitrogen and oxygen atoms in total. The Hall–Kier alpha value is -3.52. The molecule has 1 saturated heterocycles. The molecule has 0 bridgehead atoms. The molecule has 1 fully saturated rings. The fourth-order valence-corrected chi connectivity index (χ4v) is 5.55. The van der Waals surface area contributed by atoms with Crippen LogP contribution in [0.25, 0.3) is 11.1 Å². The largest absolute Gasteiger partial charge is 0.451 e. The maximum Gasteiger partial charge on any atom is 0.451 e. The number of carbonyl (C=O) groups is 1. The van der Waals surface area contributed by atoms with E-state index in [0.29, 0.717) is 6.42 Å². The monoisotopic (exact) mass is 544 g/mol. The van der Waals surface area contributed by atoms with Gasteiger partial charge in [0.15, 0.2) is 11.6 Å². The molecule has 1 aliphatic rings. The molecule has 1 atom stereocenters. The van der Waals surface area contributed by atoms with Gasteiger partial charge in [0.1, 0.15) is 11.9 Å². The van der Waals surface area contributed by atoms with Crippen LogP contribution in [0.5, 0.6) is 0 Å². The number of hydrogen-bond donors (Lipinski definition) is 1. The number of amides is 1. The highest BCUT2D eigenvalue weighted by Gasteiger charge is 2.39. The third-order valence-corrected chi connectivity index (χ3v) is 7.64. The molecule has 0 radical (unpaired) electrons. The molecule has 14 heteroatoms. The zero-order valence-electron chi connectivity index (χ0n) is 18.8.